The third kappa shape index (κ3) is 4.25. The molecule has 2 aliphatic rings. The SMILES string of the molecule is CO[C@@H]1CCN(c2nccc(Nc3cc4c(C(C)C)cnc(N5CC[C@H]5C)c4cn3)n2)C[C@@H]1O. The molecule has 9 nitrogen and oxygen atoms in total. The highest BCUT2D eigenvalue weighted by Crippen LogP contribution is 2.35. The van der Waals surface area contributed by atoms with Gasteiger partial charge in [0.15, 0.2) is 0 Å². The molecule has 2 fully saturated rings. The molecule has 34 heavy (non-hydrogen) atoms. The average molecular weight is 464 g/mol. The van der Waals surface area contributed by atoms with E-state index in [1.165, 1.54) is 12.0 Å². The summed E-state index contributed by atoms with van der Waals surface area (Å²) in [5.41, 5.74) is 1.20. The summed E-state index contributed by atoms with van der Waals surface area (Å²) in [6.07, 6.45) is 6.88. The van der Waals surface area contributed by atoms with E-state index < -0.39 is 6.10 Å². The van der Waals surface area contributed by atoms with Gasteiger partial charge < -0.3 is 25.0 Å². The molecule has 2 saturated heterocycles. The van der Waals surface area contributed by atoms with Gasteiger partial charge in [0.1, 0.15) is 17.5 Å². The fraction of sp³-hybridized carbons (Fsp3) is 0.520. The summed E-state index contributed by atoms with van der Waals surface area (Å²) in [5, 5.41) is 15.9. The zero-order chi connectivity index (χ0) is 23.8. The number of nitrogens with zero attached hydrogens (tertiary/aromatic N) is 6. The summed E-state index contributed by atoms with van der Waals surface area (Å²) >= 11 is 0. The molecule has 0 bridgehead atoms. The number of methoxy groups -OCH3 is 1. The molecule has 0 aliphatic carbocycles. The molecule has 5 heterocycles. The van der Waals surface area contributed by atoms with Crippen molar-refractivity contribution in [3.05, 3.63) is 36.3 Å². The molecule has 0 amide bonds. The van der Waals surface area contributed by atoms with Crippen LogP contribution < -0.4 is 15.1 Å². The molecule has 2 N–H and O–H groups in total. The minimum atomic E-state index is -0.562. The third-order valence-electron chi connectivity index (χ3n) is 7.00. The number of aliphatic hydroxyl groups excluding tert-OH is 1. The lowest BCUT2D eigenvalue weighted by Crippen LogP contribution is -2.48. The van der Waals surface area contributed by atoms with Crippen LogP contribution in [0.1, 0.15) is 45.1 Å². The zero-order valence-corrected chi connectivity index (χ0v) is 20.3. The van der Waals surface area contributed by atoms with E-state index in [0.29, 0.717) is 30.3 Å². The molecule has 3 aromatic heterocycles. The Hall–Kier alpha value is -3.04. The average Bonchev–Trinajstić information content (AvgIpc) is 2.83. The van der Waals surface area contributed by atoms with Crippen molar-refractivity contribution in [1.82, 2.24) is 19.9 Å². The number of aliphatic hydroxyl groups is 1. The van der Waals surface area contributed by atoms with E-state index in [1.54, 1.807) is 13.3 Å². The molecule has 3 atom stereocenters. The third-order valence-corrected chi connectivity index (χ3v) is 7.00. The number of aromatic nitrogens is 4. The van der Waals surface area contributed by atoms with Crippen molar-refractivity contribution in [2.24, 2.45) is 0 Å². The number of fused-ring (bicyclic) bond motifs is 1. The first kappa shape index (κ1) is 22.7. The second-order valence-corrected chi connectivity index (χ2v) is 9.58. The Morgan fingerprint density at radius 2 is 1.94 bits per heavy atom. The Labute approximate surface area is 200 Å². The highest BCUT2D eigenvalue weighted by atomic mass is 16.5. The standard InChI is InChI=1S/C25H33N7O2/c1-15(2)18-12-28-24(32-10-6-16(32)3)19-13-27-23(11-17(18)19)29-22-5-8-26-25(30-22)31-9-7-21(34-4)20(33)14-31/h5,8,11-13,15-16,20-21,33H,6-7,9-10,14H2,1-4H3,(H,26,27,29,30)/t16-,20+,21-/m1/s1. The molecule has 3 aromatic rings. The van der Waals surface area contributed by atoms with Gasteiger partial charge in [-0.3, -0.25) is 0 Å². The molecule has 0 saturated carbocycles. The normalized spacial score (nSPS) is 22.8. The summed E-state index contributed by atoms with van der Waals surface area (Å²) in [4.78, 5) is 22.9. The van der Waals surface area contributed by atoms with Gasteiger partial charge in [0.25, 0.3) is 0 Å². The highest BCUT2D eigenvalue weighted by Gasteiger charge is 2.29. The van der Waals surface area contributed by atoms with Crippen LogP contribution >= 0.6 is 0 Å². The minimum absolute atomic E-state index is 0.145. The maximum Gasteiger partial charge on any atom is 0.227 e. The largest absolute Gasteiger partial charge is 0.389 e. The van der Waals surface area contributed by atoms with E-state index in [0.717, 1.165) is 41.9 Å². The van der Waals surface area contributed by atoms with Crippen molar-refractivity contribution in [3.63, 3.8) is 0 Å². The number of piperidine rings is 1. The van der Waals surface area contributed by atoms with E-state index in [2.05, 4.69) is 47.0 Å². The number of hydrogen-bond donors (Lipinski definition) is 2. The van der Waals surface area contributed by atoms with Crippen LogP contribution in [0.3, 0.4) is 0 Å². The van der Waals surface area contributed by atoms with Crippen molar-refractivity contribution >= 4 is 34.2 Å². The first-order valence-electron chi connectivity index (χ1n) is 12.1. The molecule has 0 radical (unpaired) electrons. The van der Waals surface area contributed by atoms with Gasteiger partial charge in [0, 0.05) is 56.8 Å². The van der Waals surface area contributed by atoms with E-state index in [-0.39, 0.29) is 6.10 Å². The Bertz CT molecular complexity index is 1170. The van der Waals surface area contributed by atoms with Gasteiger partial charge in [0.05, 0.1) is 12.2 Å². The maximum absolute atomic E-state index is 10.3. The van der Waals surface area contributed by atoms with Gasteiger partial charge >= 0.3 is 0 Å². The Kier molecular flexibility index (Phi) is 6.22. The monoisotopic (exact) mass is 463 g/mol. The van der Waals surface area contributed by atoms with Crippen LogP contribution in [0.5, 0.6) is 0 Å². The number of hydrogen-bond acceptors (Lipinski definition) is 9. The fourth-order valence-corrected chi connectivity index (χ4v) is 4.80. The topological polar surface area (TPSA) is 99.5 Å². The first-order valence-corrected chi connectivity index (χ1v) is 12.1. The van der Waals surface area contributed by atoms with Crippen LogP contribution in [-0.4, -0.2) is 70.0 Å². The van der Waals surface area contributed by atoms with Crippen molar-refractivity contribution in [3.8, 4) is 0 Å². The molecule has 180 valence electrons. The fourth-order valence-electron chi connectivity index (χ4n) is 4.80. The maximum atomic E-state index is 10.3. The summed E-state index contributed by atoms with van der Waals surface area (Å²) in [7, 11) is 1.63. The lowest BCUT2D eigenvalue weighted by atomic mass is 9.97. The second-order valence-electron chi connectivity index (χ2n) is 9.58. The van der Waals surface area contributed by atoms with E-state index >= 15 is 0 Å². The van der Waals surface area contributed by atoms with Crippen LogP contribution in [0.15, 0.2) is 30.7 Å². The van der Waals surface area contributed by atoms with Crippen molar-refractivity contribution in [2.45, 2.75) is 57.8 Å². The van der Waals surface area contributed by atoms with Crippen molar-refractivity contribution < 1.29 is 9.84 Å². The van der Waals surface area contributed by atoms with Crippen LogP contribution in [0.4, 0.5) is 23.4 Å². The van der Waals surface area contributed by atoms with Gasteiger partial charge in [-0.05, 0) is 48.8 Å². The number of rotatable bonds is 6. The Morgan fingerprint density at radius 3 is 2.62 bits per heavy atom. The van der Waals surface area contributed by atoms with Crippen LogP contribution in [0.25, 0.3) is 10.8 Å². The highest BCUT2D eigenvalue weighted by molar-refractivity contribution is 5.96. The van der Waals surface area contributed by atoms with Gasteiger partial charge in [-0.25, -0.2) is 15.0 Å². The van der Waals surface area contributed by atoms with Crippen molar-refractivity contribution in [2.75, 3.05) is 41.9 Å². The smallest absolute Gasteiger partial charge is 0.227 e. The quantitative estimate of drug-likeness (QED) is 0.569. The molecule has 2 aliphatic heterocycles. The van der Waals surface area contributed by atoms with Gasteiger partial charge in [-0.15, -0.1) is 0 Å². The lowest BCUT2D eigenvalue weighted by molar-refractivity contribution is -0.0219. The summed E-state index contributed by atoms with van der Waals surface area (Å²) in [6.45, 7) is 8.82. The molecule has 0 unspecified atom stereocenters. The molecule has 9 heteroatoms. The number of nitrogens with one attached hydrogen (secondary N) is 1. The van der Waals surface area contributed by atoms with E-state index in [9.17, 15) is 5.11 Å². The number of β-amino-alcohol motifs (C(OH)–C–C–N with tert-alkyl or cyclic N) is 1. The number of ether oxygens (including phenoxy) is 1. The molecule has 0 spiro atoms. The summed E-state index contributed by atoms with van der Waals surface area (Å²) in [6, 6.07) is 4.43. The second kappa shape index (κ2) is 9.31. The molecular weight excluding hydrogens is 430 g/mol. The number of pyridine rings is 2. The van der Waals surface area contributed by atoms with Gasteiger partial charge in [-0.2, -0.15) is 4.98 Å². The molecular formula is C25H33N7O2. The van der Waals surface area contributed by atoms with Gasteiger partial charge in [0.2, 0.25) is 5.95 Å². The molecule has 5 rings (SSSR count). The lowest BCUT2D eigenvalue weighted by Gasteiger charge is -2.40. The van der Waals surface area contributed by atoms with Crippen LogP contribution in [0, 0.1) is 0 Å². The predicted molar refractivity (Wildman–Crippen MR) is 134 cm³/mol. The van der Waals surface area contributed by atoms with Crippen LogP contribution in [0.2, 0.25) is 0 Å². The first-order chi connectivity index (χ1) is 16.4. The van der Waals surface area contributed by atoms with Gasteiger partial charge in [-0.1, -0.05) is 13.8 Å². The number of anilines is 4. The summed E-state index contributed by atoms with van der Waals surface area (Å²) in [5.74, 6) is 3.34. The van der Waals surface area contributed by atoms with E-state index in [1.807, 2.05) is 23.4 Å². The van der Waals surface area contributed by atoms with Crippen molar-refractivity contribution in [1.29, 1.82) is 0 Å². The zero-order valence-electron chi connectivity index (χ0n) is 20.3. The summed E-state index contributed by atoms with van der Waals surface area (Å²) < 4.78 is 5.35. The van der Waals surface area contributed by atoms with E-state index in [4.69, 9.17) is 14.7 Å². The Morgan fingerprint density at radius 1 is 1.09 bits per heavy atom. The Balaban J connectivity index is 1.42. The van der Waals surface area contributed by atoms with Crippen LogP contribution in [-0.2, 0) is 4.74 Å². The minimum Gasteiger partial charge on any atom is -0.389 e. The molecule has 0 aromatic carbocycles. The predicted octanol–water partition coefficient (Wildman–Crippen LogP) is 3.47.